The standard InChI is InChI=1S/C9H20N.C3H3N2/c1-3-4-7-10(2)8-5-6-9-10;1-2-5-3-4-1/h3-9H2,1-2H3;1-3H/q+1;-1. The van der Waals surface area contributed by atoms with Gasteiger partial charge in [0.1, 0.15) is 0 Å². The summed E-state index contributed by atoms with van der Waals surface area (Å²) in [5.41, 5.74) is 0. The van der Waals surface area contributed by atoms with Gasteiger partial charge in [-0.2, -0.15) is 0 Å². The summed E-state index contributed by atoms with van der Waals surface area (Å²) in [5, 5.41) is 0. The minimum atomic E-state index is 1.36. The van der Waals surface area contributed by atoms with Crippen molar-refractivity contribution >= 4 is 0 Å². The molecule has 1 aromatic rings. The highest BCUT2D eigenvalue weighted by Gasteiger charge is 2.25. The molecular weight excluding hydrogens is 186 g/mol. The summed E-state index contributed by atoms with van der Waals surface area (Å²) in [7, 11) is 2.41. The van der Waals surface area contributed by atoms with Crippen LogP contribution in [0.5, 0.6) is 0 Å². The second-order valence-electron chi connectivity index (χ2n) is 4.56. The van der Waals surface area contributed by atoms with Crippen LogP contribution in [0.3, 0.4) is 0 Å². The Morgan fingerprint density at radius 2 is 2.07 bits per heavy atom. The van der Waals surface area contributed by atoms with Gasteiger partial charge >= 0.3 is 0 Å². The third-order valence-corrected chi connectivity index (χ3v) is 3.07. The molecule has 0 aliphatic carbocycles. The molecule has 3 nitrogen and oxygen atoms in total. The van der Waals surface area contributed by atoms with Crippen molar-refractivity contribution in [1.82, 2.24) is 9.97 Å². The molecule has 1 saturated heterocycles. The van der Waals surface area contributed by atoms with Crippen LogP contribution in [0, 0.1) is 0 Å². The van der Waals surface area contributed by atoms with Gasteiger partial charge in [-0.25, -0.2) is 0 Å². The molecule has 2 heterocycles. The molecule has 0 unspecified atom stereocenters. The molecule has 0 amide bonds. The van der Waals surface area contributed by atoms with Crippen molar-refractivity contribution in [2.24, 2.45) is 0 Å². The summed E-state index contributed by atoms with van der Waals surface area (Å²) in [5.74, 6) is 0. The van der Waals surface area contributed by atoms with Crippen molar-refractivity contribution in [2.45, 2.75) is 32.6 Å². The average molecular weight is 209 g/mol. The van der Waals surface area contributed by atoms with Crippen molar-refractivity contribution in [3.8, 4) is 0 Å². The van der Waals surface area contributed by atoms with Crippen LogP contribution in [0.1, 0.15) is 32.6 Å². The summed E-state index contributed by atoms with van der Waals surface area (Å²) in [4.78, 5) is 7.22. The second kappa shape index (κ2) is 6.62. The lowest BCUT2D eigenvalue weighted by atomic mass is 10.3. The maximum Gasteiger partial charge on any atom is 0.0786 e. The van der Waals surface area contributed by atoms with Gasteiger partial charge in [-0.05, 0) is 6.42 Å². The first-order valence-corrected chi connectivity index (χ1v) is 5.97. The molecule has 2 rings (SSSR count). The van der Waals surface area contributed by atoms with E-state index < -0.39 is 0 Å². The zero-order valence-electron chi connectivity index (χ0n) is 10.0. The van der Waals surface area contributed by atoms with E-state index in [9.17, 15) is 0 Å². The molecule has 1 fully saturated rings. The van der Waals surface area contributed by atoms with Gasteiger partial charge in [-0.1, -0.05) is 32.1 Å². The van der Waals surface area contributed by atoms with E-state index in [0.29, 0.717) is 0 Å². The number of nitrogens with zero attached hydrogens (tertiary/aromatic N) is 3. The molecule has 0 saturated carbocycles. The molecule has 1 aromatic heterocycles. The first-order valence-electron chi connectivity index (χ1n) is 5.97. The first-order chi connectivity index (χ1) is 7.27. The topological polar surface area (TPSA) is 27.0 Å². The monoisotopic (exact) mass is 209 g/mol. The fourth-order valence-electron chi connectivity index (χ4n) is 2.05. The van der Waals surface area contributed by atoms with Crippen LogP contribution in [0.2, 0.25) is 0 Å². The third kappa shape index (κ3) is 4.98. The van der Waals surface area contributed by atoms with Crippen molar-refractivity contribution < 1.29 is 4.48 Å². The zero-order valence-corrected chi connectivity index (χ0v) is 10.0. The zero-order chi connectivity index (χ0) is 11.0. The first kappa shape index (κ1) is 12.2. The molecule has 15 heavy (non-hydrogen) atoms. The Hall–Kier alpha value is -0.830. The van der Waals surface area contributed by atoms with Crippen molar-refractivity contribution in [3.05, 3.63) is 18.7 Å². The van der Waals surface area contributed by atoms with Crippen molar-refractivity contribution in [2.75, 3.05) is 26.7 Å². The summed E-state index contributed by atoms with van der Waals surface area (Å²) in [6.45, 7) is 6.55. The number of aromatic nitrogens is 2. The van der Waals surface area contributed by atoms with E-state index in [0.717, 1.165) is 0 Å². The predicted molar refractivity (Wildman–Crippen MR) is 62.5 cm³/mol. The summed E-state index contributed by atoms with van der Waals surface area (Å²) in [6, 6.07) is 0. The Labute approximate surface area is 93.1 Å². The number of likely N-dealkylation sites (tertiary alicyclic amines) is 1. The van der Waals surface area contributed by atoms with Crippen molar-refractivity contribution in [1.29, 1.82) is 0 Å². The van der Waals surface area contributed by atoms with E-state index >= 15 is 0 Å². The van der Waals surface area contributed by atoms with E-state index in [2.05, 4.69) is 23.9 Å². The maximum atomic E-state index is 3.61. The lowest BCUT2D eigenvalue weighted by molar-refractivity contribution is -0.897. The highest BCUT2D eigenvalue weighted by Crippen LogP contribution is 2.16. The smallest absolute Gasteiger partial charge is 0.0786 e. The highest BCUT2D eigenvalue weighted by molar-refractivity contribution is 4.64. The van der Waals surface area contributed by atoms with Gasteiger partial charge in [0.2, 0.25) is 0 Å². The van der Waals surface area contributed by atoms with Crippen LogP contribution in [0.25, 0.3) is 0 Å². The van der Waals surface area contributed by atoms with E-state index in [-0.39, 0.29) is 0 Å². The fourth-order valence-corrected chi connectivity index (χ4v) is 2.05. The number of hydrogen-bond acceptors (Lipinski definition) is 1. The molecule has 3 heteroatoms. The van der Waals surface area contributed by atoms with Gasteiger partial charge < -0.3 is 14.5 Å². The van der Waals surface area contributed by atoms with E-state index in [1.807, 2.05) is 0 Å². The molecule has 0 radical (unpaired) electrons. The van der Waals surface area contributed by atoms with E-state index in [1.54, 1.807) is 12.4 Å². The van der Waals surface area contributed by atoms with Crippen molar-refractivity contribution in [3.63, 3.8) is 0 Å². The van der Waals surface area contributed by atoms with E-state index in [1.165, 1.54) is 56.1 Å². The Morgan fingerprint density at radius 3 is 2.47 bits per heavy atom. The lowest BCUT2D eigenvalue weighted by Gasteiger charge is -2.28. The van der Waals surface area contributed by atoms with Gasteiger partial charge in [-0.3, -0.25) is 0 Å². The van der Waals surface area contributed by atoms with Crippen LogP contribution >= 0.6 is 0 Å². The molecular formula is C12H23N3. The maximum absolute atomic E-state index is 3.61. The minimum Gasteiger partial charge on any atom is -0.450 e. The van der Waals surface area contributed by atoms with Gasteiger partial charge in [0.05, 0.1) is 26.7 Å². The number of imidazole rings is 1. The number of quaternary nitrogens is 1. The van der Waals surface area contributed by atoms with Gasteiger partial charge in [0.15, 0.2) is 0 Å². The molecule has 0 spiro atoms. The van der Waals surface area contributed by atoms with Crippen LogP contribution in [0.4, 0.5) is 0 Å². The molecule has 1 aliphatic heterocycles. The van der Waals surface area contributed by atoms with Gasteiger partial charge in [0, 0.05) is 12.8 Å². The largest absolute Gasteiger partial charge is 0.450 e. The fraction of sp³-hybridized carbons (Fsp3) is 0.750. The Kier molecular flexibility index (Phi) is 5.40. The highest BCUT2D eigenvalue weighted by atomic mass is 15.3. The average Bonchev–Trinajstić information content (AvgIpc) is 2.89. The van der Waals surface area contributed by atoms with Crippen LogP contribution in [-0.4, -0.2) is 36.1 Å². The summed E-state index contributed by atoms with van der Waals surface area (Å²) < 4.78 is 1.36. The number of hydrogen-bond donors (Lipinski definition) is 0. The van der Waals surface area contributed by atoms with Crippen LogP contribution < -0.4 is 4.98 Å². The Morgan fingerprint density at radius 1 is 1.33 bits per heavy atom. The lowest BCUT2D eigenvalue weighted by Crippen LogP contribution is -2.41. The third-order valence-electron chi connectivity index (χ3n) is 3.07. The minimum absolute atomic E-state index is 1.36. The normalized spacial score (nSPS) is 18.3. The number of unbranched alkanes of at least 4 members (excludes halogenated alkanes) is 1. The summed E-state index contributed by atoms with van der Waals surface area (Å²) >= 11 is 0. The van der Waals surface area contributed by atoms with Crippen LogP contribution in [0.15, 0.2) is 18.7 Å². The SMILES string of the molecule is CCCC[N+]1(C)CCCC1.c1c[n-]cn1. The Balaban J connectivity index is 0.000000187. The predicted octanol–water partition coefficient (Wildman–Crippen LogP) is 2.07. The second-order valence-corrected chi connectivity index (χ2v) is 4.56. The molecule has 86 valence electrons. The number of rotatable bonds is 3. The molecule has 0 bridgehead atoms. The molecule has 0 aromatic carbocycles. The van der Waals surface area contributed by atoms with Gasteiger partial charge in [0.25, 0.3) is 0 Å². The van der Waals surface area contributed by atoms with E-state index in [4.69, 9.17) is 0 Å². The quantitative estimate of drug-likeness (QED) is 0.713. The van der Waals surface area contributed by atoms with Crippen LogP contribution in [-0.2, 0) is 0 Å². The van der Waals surface area contributed by atoms with Gasteiger partial charge in [-0.15, -0.1) is 0 Å². The summed E-state index contributed by atoms with van der Waals surface area (Å²) in [6.07, 6.45) is 10.5. The molecule has 0 atom stereocenters. The Bertz CT molecular complexity index is 208. The molecule has 1 aliphatic rings. The molecule has 0 N–H and O–H groups in total.